The minimum Gasteiger partial charge on any atom is -0.478 e. The molecule has 0 fully saturated rings. The Labute approximate surface area is 115 Å². The summed E-state index contributed by atoms with van der Waals surface area (Å²) < 4.78 is 21.4. The maximum absolute atomic E-state index is 12.0. The fourth-order valence-electron chi connectivity index (χ4n) is 1.19. The van der Waals surface area contributed by atoms with Gasteiger partial charge in [0.2, 0.25) is 5.91 Å². The molecular formula is C11H15NO5S2. The van der Waals surface area contributed by atoms with Gasteiger partial charge in [0.1, 0.15) is 9.75 Å². The number of rotatable bonds is 4. The molecule has 0 radical (unpaired) electrons. The standard InChI is InChI=1S/C11H15NO5S2/c1-6-5-7(9(13)14)8(18-6)12-10(15)11(2,3)19(4,16)17/h5H,1-4H3,(H,12,15)(H,13,14). The van der Waals surface area contributed by atoms with Crippen LogP contribution in [0.1, 0.15) is 29.1 Å². The SMILES string of the molecule is Cc1cc(C(=O)O)c(NC(=O)C(C)(C)S(C)(=O)=O)s1. The quantitative estimate of drug-likeness (QED) is 0.878. The van der Waals surface area contributed by atoms with Gasteiger partial charge in [0.15, 0.2) is 9.84 Å². The predicted octanol–water partition coefficient (Wildman–Crippen LogP) is 1.52. The molecule has 0 unspecified atom stereocenters. The number of carboxylic acids is 1. The molecule has 8 heteroatoms. The molecule has 1 heterocycles. The van der Waals surface area contributed by atoms with E-state index in [9.17, 15) is 18.0 Å². The number of amides is 1. The third-order valence-electron chi connectivity index (χ3n) is 2.79. The van der Waals surface area contributed by atoms with Crippen molar-refractivity contribution in [1.29, 1.82) is 0 Å². The van der Waals surface area contributed by atoms with E-state index in [0.717, 1.165) is 17.6 Å². The highest BCUT2D eigenvalue weighted by Gasteiger charge is 2.39. The van der Waals surface area contributed by atoms with E-state index in [2.05, 4.69) is 5.32 Å². The second-order valence-electron chi connectivity index (χ2n) is 4.64. The zero-order chi connectivity index (χ0) is 15.0. The van der Waals surface area contributed by atoms with Crippen molar-refractivity contribution in [3.05, 3.63) is 16.5 Å². The molecule has 0 aliphatic heterocycles. The maximum Gasteiger partial charge on any atom is 0.338 e. The third-order valence-corrected chi connectivity index (χ3v) is 5.79. The first-order chi connectivity index (χ1) is 8.46. The lowest BCUT2D eigenvalue weighted by Crippen LogP contribution is -2.43. The molecule has 0 bridgehead atoms. The van der Waals surface area contributed by atoms with E-state index in [1.165, 1.54) is 19.9 Å². The Kier molecular flexibility index (Phi) is 4.06. The van der Waals surface area contributed by atoms with E-state index in [0.29, 0.717) is 4.88 Å². The Morgan fingerprint density at radius 2 is 1.89 bits per heavy atom. The van der Waals surface area contributed by atoms with Crippen molar-refractivity contribution < 1.29 is 23.1 Å². The Morgan fingerprint density at radius 1 is 1.37 bits per heavy atom. The summed E-state index contributed by atoms with van der Waals surface area (Å²) in [4.78, 5) is 23.7. The number of hydrogen-bond acceptors (Lipinski definition) is 5. The number of carbonyl (C=O) groups excluding carboxylic acids is 1. The van der Waals surface area contributed by atoms with Gasteiger partial charge in [-0.1, -0.05) is 0 Å². The zero-order valence-electron chi connectivity index (χ0n) is 11.0. The minimum atomic E-state index is -3.60. The number of nitrogens with one attached hydrogen (secondary N) is 1. The van der Waals surface area contributed by atoms with Gasteiger partial charge in [-0.05, 0) is 26.8 Å². The molecule has 1 aromatic heterocycles. The van der Waals surface area contributed by atoms with Crippen molar-refractivity contribution in [2.24, 2.45) is 0 Å². The van der Waals surface area contributed by atoms with Crippen LogP contribution < -0.4 is 5.32 Å². The van der Waals surface area contributed by atoms with Gasteiger partial charge in [-0.15, -0.1) is 11.3 Å². The molecule has 0 aliphatic rings. The summed E-state index contributed by atoms with van der Waals surface area (Å²) in [7, 11) is -3.60. The highest BCUT2D eigenvalue weighted by molar-refractivity contribution is 7.92. The summed E-state index contributed by atoms with van der Waals surface area (Å²) in [6.45, 7) is 4.26. The largest absolute Gasteiger partial charge is 0.478 e. The van der Waals surface area contributed by atoms with Crippen LogP contribution >= 0.6 is 11.3 Å². The van der Waals surface area contributed by atoms with Crippen molar-refractivity contribution in [2.45, 2.75) is 25.5 Å². The van der Waals surface area contributed by atoms with Crippen LogP contribution in [0, 0.1) is 6.92 Å². The first-order valence-electron chi connectivity index (χ1n) is 5.31. The molecule has 19 heavy (non-hydrogen) atoms. The number of carbonyl (C=O) groups is 2. The van der Waals surface area contributed by atoms with Crippen LogP contribution in [0.3, 0.4) is 0 Å². The lowest BCUT2D eigenvalue weighted by Gasteiger charge is -2.21. The van der Waals surface area contributed by atoms with Gasteiger partial charge in [0, 0.05) is 11.1 Å². The molecule has 0 aromatic carbocycles. The van der Waals surface area contributed by atoms with Crippen LogP contribution in [-0.2, 0) is 14.6 Å². The van der Waals surface area contributed by atoms with Crippen LogP contribution in [0.15, 0.2) is 6.07 Å². The molecular weight excluding hydrogens is 290 g/mol. The number of carboxylic acid groups (broad SMARTS) is 1. The predicted molar refractivity (Wildman–Crippen MR) is 73.6 cm³/mol. The molecule has 0 spiro atoms. The van der Waals surface area contributed by atoms with Gasteiger partial charge in [0.05, 0.1) is 5.56 Å². The molecule has 0 saturated carbocycles. The second-order valence-corrected chi connectivity index (χ2v) is 8.46. The first-order valence-corrected chi connectivity index (χ1v) is 8.02. The van der Waals surface area contributed by atoms with Crippen LogP contribution in [0.5, 0.6) is 0 Å². The van der Waals surface area contributed by atoms with Gasteiger partial charge in [-0.25, -0.2) is 13.2 Å². The summed E-state index contributed by atoms with van der Waals surface area (Å²) in [5.74, 6) is -1.92. The molecule has 0 aliphatic carbocycles. The number of aryl methyl sites for hydroxylation is 1. The smallest absolute Gasteiger partial charge is 0.338 e. The number of thiophene rings is 1. The highest BCUT2D eigenvalue weighted by Crippen LogP contribution is 2.29. The van der Waals surface area contributed by atoms with Crippen LogP contribution in [0.2, 0.25) is 0 Å². The number of sulfone groups is 1. The number of hydrogen-bond donors (Lipinski definition) is 2. The lowest BCUT2D eigenvalue weighted by atomic mass is 10.2. The van der Waals surface area contributed by atoms with Crippen LogP contribution in [0.25, 0.3) is 0 Å². The Morgan fingerprint density at radius 3 is 2.32 bits per heavy atom. The van der Waals surface area contributed by atoms with Crippen LogP contribution in [-0.4, -0.2) is 36.4 Å². The van der Waals surface area contributed by atoms with Gasteiger partial charge in [-0.2, -0.15) is 0 Å². The molecule has 1 amide bonds. The van der Waals surface area contributed by atoms with Crippen molar-refractivity contribution in [2.75, 3.05) is 11.6 Å². The molecule has 0 saturated heterocycles. The van der Waals surface area contributed by atoms with Crippen molar-refractivity contribution in [3.8, 4) is 0 Å². The van der Waals surface area contributed by atoms with E-state index in [1.807, 2.05) is 0 Å². The van der Waals surface area contributed by atoms with Crippen molar-refractivity contribution in [3.63, 3.8) is 0 Å². The molecule has 106 valence electrons. The van der Waals surface area contributed by atoms with Gasteiger partial charge in [0.25, 0.3) is 0 Å². The van der Waals surface area contributed by atoms with E-state index in [1.54, 1.807) is 6.92 Å². The molecule has 0 atom stereocenters. The average Bonchev–Trinajstić information content (AvgIpc) is 2.57. The van der Waals surface area contributed by atoms with Gasteiger partial charge < -0.3 is 10.4 Å². The molecule has 1 aromatic rings. The fourth-order valence-corrected chi connectivity index (χ4v) is 2.47. The maximum atomic E-state index is 12.0. The molecule has 2 N–H and O–H groups in total. The average molecular weight is 305 g/mol. The summed E-state index contributed by atoms with van der Waals surface area (Å²) in [5, 5.41) is 11.5. The Bertz CT molecular complexity index is 628. The Balaban J connectivity index is 3.11. The zero-order valence-corrected chi connectivity index (χ0v) is 12.6. The normalized spacial score (nSPS) is 12.2. The minimum absolute atomic E-state index is 0.0415. The highest BCUT2D eigenvalue weighted by atomic mass is 32.2. The third kappa shape index (κ3) is 3.13. The van der Waals surface area contributed by atoms with Crippen LogP contribution in [0.4, 0.5) is 5.00 Å². The topological polar surface area (TPSA) is 101 Å². The van der Waals surface area contributed by atoms with E-state index in [4.69, 9.17) is 5.11 Å². The first kappa shape index (κ1) is 15.6. The number of anilines is 1. The number of aromatic carboxylic acids is 1. The summed E-state index contributed by atoms with van der Waals surface area (Å²) in [5.41, 5.74) is -0.0415. The summed E-state index contributed by atoms with van der Waals surface area (Å²) in [6, 6.07) is 1.43. The van der Waals surface area contributed by atoms with Crippen molar-refractivity contribution >= 4 is 38.1 Å². The molecule has 1 rings (SSSR count). The fraction of sp³-hybridized carbons (Fsp3) is 0.455. The Hall–Kier alpha value is -1.41. The van der Waals surface area contributed by atoms with Gasteiger partial charge in [-0.3, -0.25) is 4.79 Å². The van der Waals surface area contributed by atoms with Gasteiger partial charge >= 0.3 is 5.97 Å². The monoisotopic (exact) mass is 305 g/mol. The van der Waals surface area contributed by atoms with E-state index >= 15 is 0 Å². The second kappa shape index (κ2) is 4.93. The van der Waals surface area contributed by atoms with Crippen molar-refractivity contribution in [1.82, 2.24) is 0 Å². The lowest BCUT2D eigenvalue weighted by molar-refractivity contribution is -0.117. The summed E-state index contributed by atoms with van der Waals surface area (Å²) >= 11 is 1.09. The molecule has 6 nitrogen and oxygen atoms in total. The summed E-state index contributed by atoms with van der Waals surface area (Å²) in [6.07, 6.45) is 0.963. The van der Waals surface area contributed by atoms with E-state index in [-0.39, 0.29) is 10.6 Å². The van der Waals surface area contributed by atoms with E-state index < -0.39 is 26.5 Å².